The van der Waals surface area contributed by atoms with E-state index >= 15 is 0 Å². The highest BCUT2D eigenvalue weighted by Gasteiger charge is 2.24. The Morgan fingerprint density at radius 2 is 1.92 bits per heavy atom. The molecule has 0 bridgehead atoms. The lowest BCUT2D eigenvalue weighted by Gasteiger charge is -2.10. The summed E-state index contributed by atoms with van der Waals surface area (Å²) in [5, 5.41) is 11.0. The van der Waals surface area contributed by atoms with Gasteiger partial charge in [-0.05, 0) is 42.3 Å². The first kappa shape index (κ1) is 25.0. The fraction of sp³-hybridized carbons (Fsp3) is 0.231. The summed E-state index contributed by atoms with van der Waals surface area (Å²) in [4.78, 5) is 25.7. The number of aryl methyl sites for hydroxylation is 1. The minimum Gasteiger partial charge on any atom is -0.345 e. The Morgan fingerprint density at radius 3 is 2.61 bits per heavy atom. The van der Waals surface area contributed by atoms with Crippen molar-refractivity contribution in [2.45, 2.75) is 39.7 Å². The number of carbonyl (C=O) groups is 1. The zero-order valence-corrected chi connectivity index (χ0v) is 21.2. The van der Waals surface area contributed by atoms with Crippen molar-refractivity contribution in [3.63, 3.8) is 0 Å². The summed E-state index contributed by atoms with van der Waals surface area (Å²) in [5.41, 5.74) is 6.21. The van der Waals surface area contributed by atoms with Gasteiger partial charge < -0.3 is 9.84 Å². The number of aromatic nitrogens is 6. The molecule has 1 aromatic carbocycles. The number of rotatable bonds is 5. The highest BCUT2D eigenvalue weighted by atomic mass is 35.5. The van der Waals surface area contributed by atoms with Crippen LogP contribution in [0.2, 0.25) is 0 Å². The van der Waals surface area contributed by atoms with Gasteiger partial charge in [-0.25, -0.2) is 9.50 Å². The Labute approximate surface area is 214 Å². The molecule has 5 aromatic rings. The molecule has 0 aliphatic rings. The van der Waals surface area contributed by atoms with E-state index in [9.17, 15) is 4.79 Å². The van der Waals surface area contributed by atoms with Crippen LogP contribution in [0.3, 0.4) is 0 Å². The molecule has 36 heavy (non-hydrogen) atoms. The van der Waals surface area contributed by atoms with Gasteiger partial charge in [0.2, 0.25) is 5.89 Å². The van der Waals surface area contributed by atoms with Gasteiger partial charge in [0.15, 0.2) is 0 Å². The zero-order valence-electron chi connectivity index (χ0n) is 20.4. The van der Waals surface area contributed by atoms with Gasteiger partial charge in [0.1, 0.15) is 6.33 Å². The maximum absolute atomic E-state index is 12.5. The number of halogens is 1. The summed E-state index contributed by atoms with van der Waals surface area (Å²) < 4.78 is 7.03. The molecular formula is C26H26ClN7O2. The number of amides is 1. The Morgan fingerprint density at radius 1 is 1.08 bits per heavy atom. The smallest absolute Gasteiger partial charge is 0.292 e. The average molecular weight is 504 g/mol. The van der Waals surface area contributed by atoms with Crippen molar-refractivity contribution in [3.8, 4) is 22.5 Å². The third kappa shape index (κ3) is 4.96. The summed E-state index contributed by atoms with van der Waals surface area (Å²) in [7, 11) is 0. The second-order valence-corrected chi connectivity index (χ2v) is 9.38. The molecule has 4 heterocycles. The fourth-order valence-electron chi connectivity index (χ4n) is 3.74. The van der Waals surface area contributed by atoms with Crippen LogP contribution in [0.1, 0.15) is 48.4 Å². The highest BCUT2D eigenvalue weighted by Crippen LogP contribution is 2.28. The van der Waals surface area contributed by atoms with Crippen LogP contribution in [-0.4, -0.2) is 35.6 Å². The van der Waals surface area contributed by atoms with Gasteiger partial charge in [-0.1, -0.05) is 44.1 Å². The molecule has 0 radical (unpaired) electrons. The lowest BCUT2D eigenvalue weighted by atomic mass is 9.97. The number of carbonyl (C=O) groups excluding carboxylic acids is 1. The van der Waals surface area contributed by atoms with Crippen LogP contribution in [0.5, 0.6) is 0 Å². The molecule has 0 aliphatic carbocycles. The van der Waals surface area contributed by atoms with E-state index in [1.54, 1.807) is 12.5 Å². The van der Waals surface area contributed by atoms with E-state index in [2.05, 4.69) is 36.6 Å². The van der Waals surface area contributed by atoms with Gasteiger partial charge in [0.25, 0.3) is 11.7 Å². The number of fused-ring (bicyclic) bond motifs is 1. The molecule has 0 atom stereocenters. The second-order valence-electron chi connectivity index (χ2n) is 9.38. The van der Waals surface area contributed by atoms with E-state index < -0.39 is 0 Å². The topological polar surface area (TPSA) is 111 Å². The molecule has 184 valence electrons. The summed E-state index contributed by atoms with van der Waals surface area (Å²) in [6, 6.07) is 13.9. The quantitative estimate of drug-likeness (QED) is 0.366. The van der Waals surface area contributed by atoms with E-state index in [1.165, 1.54) is 0 Å². The number of nitrogens with one attached hydrogen (secondary N) is 1. The van der Waals surface area contributed by atoms with Crippen LogP contribution >= 0.6 is 12.4 Å². The van der Waals surface area contributed by atoms with Crippen molar-refractivity contribution in [2.75, 3.05) is 0 Å². The van der Waals surface area contributed by atoms with Crippen LogP contribution in [0, 0.1) is 6.92 Å². The van der Waals surface area contributed by atoms with Gasteiger partial charge in [0.05, 0.1) is 16.9 Å². The number of hydrogen-bond acceptors (Lipinski definition) is 7. The van der Waals surface area contributed by atoms with Gasteiger partial charge in [-0.15, -0.1) is 12.4 Å². The molecule has 0 unspecified atom stereocenters. The first-order chi connectivity index (χ1) is 16.8. The lowest BCUT2D eigenvalue weighted by Crippen LogP contribution is -2.24. The van der Waals surface area contributed by atoms with Crippen LogP contribution in [0.15, 0.2) is 65.7 Å². The Hall–Kier alpha value is -4.11. The summed E-state index contributed by atoms with van der Waals surface area (Å²) >= 11 is 0. The molecule has 4 aromatic heterocycles. The van der Waals surface area contributed by atoms with Gasteiger partial charge >= 0.3 is 0 Å². The number of pyridine rings is 1. The molecule has 9 nitrogen and oxygen atoms in total. The van der Waals surface area contributed by atoms with E-state index in [-0.39, 0.29) is 29.6 Å². The number of hydrogen-bond donors (Lipinski definition) is 1. The van der Waals surface area contributed by atoms with Crippen molar-refractivity contribution in [1.82, 2.24) is 35.0 Å². The molecule has 1 N–H and O–H groups in total. The third-order valence-electron chi connectivity index (χ3n) is 5.69. The average Bonchev–Trinajstić information content (AvgIpc) is 3.51. The first-order valence-corrected chi connectivity index (χ1v) is 11.3. The van der Waals surface area contributed by atoms with Gasteiger partial charge in [0, 0.05) is 35.5 Å². The minimum absolute atomic E-state index is 0. The minimum atomic E-state index is -0.375. The van der Waals surface area contributed by atoms with E-state index in [0.717, 1.165) is 39.2 Å². The molecule has 10 heteroatoms. The van der Waals surface area contributed by atoms with Crippen LogP contribution in [-0.2, 0) is 12.0 Å². The Balaban J connectivity index is 0.00000304. The van der Waals surface area contributed by atoms with E-state index in [0.29, 0.717) is 12.4 Å². The second kappa shape index (κ2) is 9.87. The summed E-state index contributed by atoms with van der Waals surface area (Å²) in [6.45, 7) is 8.20. The molecule has 1 amide bonds. The van der Waals surface area contributed by atoms with E-state index in [4.69, 9.17) is 4.52 Å². The third-order valence-corrected chi connectivity index (χ3v) is 5.69. The molecule has 5 rings (SSSR count). The van der Waals surface area contributed by atoms with Crippen molar-refractivity contribution < 1.29 is 9.32 Å². The van der Waals surface area contributed by atoms with Crippen LogP contribution in [0.25, 0.3) is 28.0 Å². The van der Waals surface area contributed by atoms with Gasteiger partial charge in [-0.2, -0.15) is 10.1 Å². The maximum Gasteiger partial charge on any atom is 0.292 e. The SMILES string of the molecule is Cc1cc(-c2ncnn3cc(-c4ccccn4)cc23)ccc1CNC(=O)c1noc(C(C)(C)C)n1.Cl. The largest absolute Gasteiger partial charge is 0.345 e. The van der Waals surface area contributed by atoms with Crippen LogP contribution in [0.4, 0.5) is 0 Å². The number of nitrogens with zero attached hydrogens (tertiary/aromatic N) is 6. The zero-order chi connectivity index (χ0) is 24.6. The van der Waals surface area contributed by atoms with Crippen molar-refractivity contribution >= 4 is 23.8 Å². The molecule has 0 saturated heterocycles. The Kier molecular flexibility index (Phi) is 6.85. The van der Waals surface area contributed by atoms with Crippen molar-refractivity contribution in [2.24, 2.45) is 0 Å². The summed E-state index contributed by atoms with van der Waals surface area (Å²) in [5.74, 6) is 0.0842. The van der Waals surface area contributed by atoms with Crippen LogP contribution < -0.4 is 5.32 Å². The maximum atomic E-state index is 12.5. The molecular weight excluding hydrogens is 478 g/mol. The lowest BCUT2D eigenvalue weighted by molar-refractivity contribution is 0.0937. The first-order valence-electron chi connectivity index (χ1n) is 11.3. The molecule has 0 aliphatic heterocycles. The monoisotopic (exact) mass is 503 g/mol. The predicted octanol–water partition coefficient (Wildman–Crippen LogP) is 4.80. The molecule has 0 saturated carbocycles. The predicted molar refractivity (Wildman–Crippen MR) is 138 cm³/mol. The standard InChI is InChI=1S/C26H25N7O2.ClH/c1-16-11-17(8-9-18(16)13-28-24(34)23-31-25(35-32-23)26(2,3)4)22-21-12-19(14-33(21)30-15-29-22)20-7-5-6-10-27-20;/h5-12,14-15H,13H2,1-4H3,(H,28,34);1H. The van der Waals surface area contributed by atoms with Gasteiger partial charge in [-0.3, -0.25) is 9.78 Å². The molecule has 0 fully saturated rings. The Bertz CT molecular complexity index is 1520. The van der Waals surface area contributed by atoms with E-state index in [1.807, 2.05) is 74.8 Å². The highest BCUT2D eigenvalue weighted by molar-refractivity contribution is 5.90. The number of benzene rings is 1. The summed E-state index contributed by atoms with van der Waals surface area (Å²) in [6.07, 6.45) is 5.26. The van der Waals surface area contributed by atoms with Crippen molar-refractivity contribution in [1.29, 1.82) is 0 Å². The van der Waals surface area contributed by atoms with Crippen molar-refractivity contribution in [3.05, 3.63) is 84.0 Å². The normalized spacial score (nSPS) is 11.3. The fourth-order valence-corrected chi connectivity index (χ4v) is 3.74. The molecule has 0 spiro atoms.